The number of amides is 1. The summed E-state index contributed by atoms with van der Waals surface area (Å²) in [5.41, 5.74) is 4.52. The molecule has 0 saturated carbocycles. The lowest BCUT2D eigenvalue weighted by molar-refractivity contribution is -0.147. The van der Waals surface area contributed by atoms with Crippen molar-refractivity contribution in [2.45, 2.75) is 26.6 Å². The van der Waals surface area contributed by atoms with E-state index in [0.717, 1.165) is 28.9 Å². The maximum atomic E-state index is 13.3. The van der Waals surface area contributed by atoms with Crippen LogP contribution in [0.4, 0.5) is 18.9 Å². The predicted molar refractivity (Wildman–Crippen MR) is 110 cm³/mol. The zero-order valence-corrected chi connectivity index (χ0v) is 16.6. The summed E-state index contributed by atoms with van der Waals surface area (Å²) in [6, 6.07) is 13.8. The highest BCUT2D eigenvalue weighted by molar-refractivity contribution is 5.84. The van der Waals surface area contributed by atoms with Gasteiger partial charge in [-0.3, -0.25) is 4.79 Å². The summed E-state index contributed by atoms with van der Waals surface area (Å²) in [5, 5.41) is 3.86. The standard InChI is InChI=1S/C21H22F3N5O/c1-3-28(4-2)16-11-9-15(10-12-16)13-25-27-19(30)14-29-18-8-6-5-7-17(18)26-20(29)21(22,23)24/h5-13H,3-4,14H2,1-2H3,(H,27,30)/b25-13+. The number of aromatic nitrogens is 2. The molecular formula is C21H22F3N5O. The highest BCUT2D eigenvalue weighted by Gasteiger charge is 2.37. The molecule has 1 amide bonds. The molecule has 0 radical (unpaired) electrons. The van der Waals surface area contributed by atoms with Gasteiger partial charge in [0.1, 0.15) is 6.54 Å². The molecule has 0 atom stereocenters. The Labute approximate surface area is 172 Å². The smallest absolute Gasteiger partial charge is 0.372 e. The molecule has 1 N–H and O–H groups in total. The van der Waals surface area contributed by atoms with Crippen molar-refractivity contribution in [3.05, 3.63) is 59.9 Å². The Morgan fingerprint density at radius 1 is 1.13 bits per heavy atom. The zero-order valence-electron chi connectivity index (χ0n) is 16.6. The van der Waals surface area contributed by atoms with E-state index < -0.39 is 24.5 Å². The first-order chi connectivity index (χ1) is 14.3. The predicted octanol–water partition coefficient (Wildman–Crippen LogP) is 4.05. The highest BCUT2D eigenvalue weighted by atomic mass is 19.4. The fraction of sp³-hybridized carbons (Fsp3) is 0.286. The summed E-state index contributed by atoms with van der Waals surface area (Å²) in [6.45, 7) is 5.38. The van der Waals surface area contributed by atoms with Crippen molar-refractivity contribution in [1.82, 2.24) is 15.0 Å². The van der Waals surface area contributed by atoms with Gasteiger partial charge in [0.05, 0.1) is 17.2 Å². The number of nitrogens with zero attached hydrogens (tertiary/aromatic N) is 4. The summed E-state index contributed by atoms with van der Waals surface area (Å²) in [4.78, 5) is 18.0. The molecule has 0 aliphatic heterocycles. The summed E-state index contributed by atoms with van der Waals surface area (Å²) in [5.74, 6) is -1.80. The molecule has 6 nitrogen and oxygen atoms in total. The van der Waals surface area contributed by atoms with E-state index in [9.17, 15) is 18.0 Å². The Balaban J connectivity index is 1.69. The number of carbonyl (C=O) groups excluding carboxylic acids is 1. The van der Waals surface area contributed by atoms with Crippen LogP contribution >= 0.6 is 0 Å². The van der Waals surface area contributed by atoms with Crippen molar-refractivity contribution >= 4 is 28.8 Å². The summed E-state index contributed by atoms with van der Waals surface area (Å²) >= 11 is 0. The molecule has 3 rings (SSSR count). The molecule has 3 aromatic rings. The van der Waals surface area contributed by atoms with Gasteiger partial charge in [0.15, 0.2) is 0 Å². The molecule has 2 aromatic carbocycles. The fourth-order valence-corrected chi connectivity index (χ4v) is 3.17. The molecule has 1 aromatic heterocycles. The molecule has 0 spiro atoms. The number of anilines is 1. The van der Waals surface area contributed by atoms with Crippen LogP contribution < -0.4 is 10.3 Å². The van der Waals surface area contributed by atoms with Crippen LogP contribution in [-0.4, -0.2) is 34.8 Å². The van der Waals surface area contributed by atoms with Crippen molar-refractivity contribution in [3.63, 3.8) is 0 Å². The second-order valence-corrected chi connectivity index (χ2v) is 6.57. The Hall–Kier alpha value is -3.36. The number of imidazole rings is 1. The van der Waals surface area contributed by atoms with Gasteiger partial charge in [0.25, 0.3) is 5.91 Å². The first-order valence-electron chi connectivity index (χ1n) is 9.52. The second-order valence-electron chi connectivity index (χ2n) is 6.57. The maximum Gasteiger partial charge on any atom is 0.449 e. The number of fused-ring (bicyclic) bond motifs is 1. The number of hydrogen-bond acceptors (Lipinski definition) is 4. The first-order valence-corrected chi connectivity index (χ1v) is 9.52. The van der Waals surface area contributed by atoms with Gasteiger partial charge in [-0.25, -0.2) is 10.4 Å². The topological polar surface area (TPSA) is 62.5 Å². The van der Waals surface area contributed by atoms with Crippen molar-refractivity contribution < 1.29 is 18.0 Å². The molecule has 1 heterocycles. The SMILES string of the molecule is CCN(CC)c1ccc(/C=N/NC(=O)Cn2c(C(F)(F)F)nc3ccccc32)cc1. The van der Waals surface area contributed by atoms with Crippen molar-refractivity contribution in [3.8, 4) is 0 Å². The molecule has 0 saturated heterocycles. The lowest BCUT2D eigenvalue weighted by Gasteiger charge is -2.20. The normalized spacial score (nSPS) is 11.9. The highest BCUT2D eigenvalue weighted by Crippen LogP contribution is 2.31. The molecule has 0 aliphatic carbocycles. The zero-order chi connectivity index (χ0) is 21.7. The van der Waals surface area contributed by atoms with Crippen molar-refractivity contribution in [1.29, 1.82) is 0 Å². The van der Waals surface area contributed by atoms with E-state index in [1.165, 1.54) is 18.3 Å². The van der Waals surface area contributed by atoms with Crippen LogP contribution in [0.5, 0.6) is 0 Å². The molecule has 9 heteroatoms. The van der Waals surface area contributed by atoms with Crippen LogP contribution in [0.15, 0.2) is 53.6 Å². The van der Waals surface area contributed by atoms with Gasteiger partial charge in [-0.2, -0.15) is 18.3 Å². The summed E-state index contributed by atoms with van der Waals surface area (Å²) in [6.07, 6.45) is -3.23. The average molecular weight is 417 g/mol. The minimum atomic E-state index is -4.67. The van der Waals surface area contributed by atoms with Gasteiger partial charge in [-0.15, -0.1) is 0 Å². The maximum absolute atomic E-state index is 13.3. The van der Waals surface area contributed by atoms with E-state index in [0.29, 0.717) is 0 Å². The summed E-state index contributed by atoms with van der Waals surface area (Å²) in [7, 11) is 0. The second kappa shape index (κ2) is 8.98. The third kappa shape index (κ3) is 4.79. The van der Waals surface area contributed by atoms with Crippen LogP contribution in [0.1, 0.15) is 25.2 Å². The lowest BCUT2D eigenvalue weighted by Crippen LogP contribution is -2.26. The molecule has 0 aliphatic rings. The van der Waals surface area contributed by atoms with Gasteiger partial charge in [0, 0.05) is 18.8 Å². The third-order valence-corrected chi connectivity index (χ3v) is 4.63. The Morgan fingerprint density at radius 2 is 1.80 bits per heavy atom. The van der Waals surface area contributed by atoms with Gasteiger partial charge in [-0.1, -0.05) is 24.3 Å². The molecule has 158 valence electrons. The largest absolute Gasteiger partial charge is 0.449 e. The van der Waals surface area contributed by atoms with Gasteiger partial charge >= 0.3 is 6.18 Å². The lowest BCUT2D eigenvalue weighted by atomic mass is 10.2. The van der Waals surface area contributed by atoms with E-state index in [-0.39, 0.29) is 11.0 Å². The fourth-order valence-electron chi connectivity index (χ4n) is 3.17. The minimum absolute atomic E-state index is 0.175. The number of nitrogens with one attached hydrogen (secondary N) is 1. The van der Waals surface area contributed by atoms with E-state index in [2.05, 4.69) is 34.3 Å². The van der Waals surface area contributed by atoms with Crippen molar-refractivity contribution in [2.24, 2.45) is 5.10 Å². The number of benzene rings is 2. The van der Waals surface area contributed by atoms with Crippen LogP contribution in [0, 0.1) is 0 Å². The molecular weight excluding hydrogens is 395 g/mol. The van der Waals surface area contributed by atoms with Crippen LogP contribution in [0.2, 0.25) is 0 Å². The molecule has 0 unspecified atom stereocenters. The van der Waals surface area contributed by atoms with Crippen LogP contribution in [-0.2, 0) is 17.5 Å². The van der Waals surface area contributed by atoms with E-state index >= 15 is 0 Å². The third-order valence-electron chi connectivity index (χ3n) is 4.63. The van der Waals surface area contributed by atoms with Gasteiger partial charge in [0.2, 0.25) is 5.82 Å². The number of para-hydroxylation sites is 2. The van der Waals surface area contributed by atoms with E-state index in [1.54, 1.807) is 12.1 Å². The molecule has 0 bridgehead atoms. The van der Waals surface area contributed by atoms with Crippen LogP contribution in [0.3, 0.4) is 0 Å². The van der Waals surface area contributed by atoms with E-state index in [4.69, 9.17) is 0 Å². The number of rotatable bonds is 7. The first kappa shape index (κ1) is 21.4. The van der Waals surface area contributed by atoms with Crippen molar-refractivity contribution in [2.75, 3.05) is 18.0 Å². The Bertz CT molecular complexity index is 1040. The van der Waals surface area contributed by atoms with Gasteiger partial charge < -0.3 is 9.47 Å². The molecule has 30 heavy (non-hydrogen) atoms. The number of carbonyl (C=O) groups is 1. The number of alkyl halides is 3. The Kier molecular flexibility index (Phi) is 6.39. The quantitative estimate of drug-likeness (QED) is 0.466. The average Bonchev–Trinajstić information content (AvgIpc) is 3.09. The Morgan fingerprint density at radius 3 is 2.43 bits per heavy atom. The molecule has 0 fully saturated rings. The van der Waals surface area contributed by atoms with E-state index in [1.807, 2.05) is 24.3 Å². The minimum Gasteiger partial charge on any atom is -0.372 e. The van der Waals surface area contributed by atoms with Crippen LogP contribution in [0.25, 0.3) is 11.0 Å². The number of hydrogen-bond donors (Lipinski definition) is 1. The summed E-state index contributed by atoms with van der Waals surface area (Å²) < 4.78 is 40.8. The number of halogens is 3. The number of hydrazone groups is 1. The monoisotopic (exact) mass is 417 g/mol. The van der Waals surface area contributed by atoms with Gasteiger partial charge in [-0.05, 0) is 43.7 Å².